The van der Waals surface area contributed by atoms with E-state index in [9.17, 15) is 13.7 Å². The zero-order valence-electron chi connectivity index (χ0n) is 15.7. The molecule has 142 valence electrons. The molecule has 0 bridgehead atoms. The van der Waals surface area contributed by atoms with Crippen molar-refractivity contribution in [3.05, 3.63) is 41.5 Å². The second-order valence-electron chi connectivity index (χ2n) is 6.29. The number of aromatic nitrogens is 2. The fourth-order valence-corrected chi connectivity index (χ4v) is 4.68. The maximum absolute atomic E-state index is 12.4. The first kappa shape index (κ1) is 19.1. The van der Waals surface area contributed by atoms with Crippen LogP contribution in [-0.4, -0.2) is 47.5 Å². The van der Waals surface area contributed by atoms with Crippen molar-refractivity contribution >= 4 is 32.5 Å². The first-order chi connectivity index (χ1) is 12.9. The first-order valence-electron chi connectivity index (χ1n) is 8.95. The van der Waals surface area contributed by atoms with E-state index in [0.717, 1.165) is 22.4 Å². The van der Waals surface area contributed by atoms with Crippen molar-refractivity contribution in [2.24, 2.45) is 0 Å². The van der Waals surface area contributed by atoms with E-state index in [-0.39, 0.29) is 12.3 Å². The topological polar surface area (TPSA) is 90.5 Å². The maximum Gasteiger partial charge on any atom is 0.215 e. The Hall–Kier alpha value is -2.63. The average molecular weight is 385 g/mol. The van der Waals surface area contributed by atoms with Crippen LogP contribution in [0.4, 0.5) is 5.82 Å². The second-order valence-corrected chi connectivity index (χ2v) is 8.37. The molecular weight excluding hydrogens is 362 g/mol. The van der Waals surface area contributed by atoms with E-state index in [4.69, 9.17) is 0 Å². The van der Waals surface area contributed by atoms with Gasteiger partial charge >= 0.3 is 0 Å². The van der Waals surface area contributed by atoms with Crippen LogP contribution in [0, 0.1) is 18.3 Å². The van der Waals surface area contributed by atoms with Gasteiger partial charge in [-0.25, -0.2) is 17.7 Å². The van der Waals surface area contributed by atoms with Gasteiger partial charge in [-0.2, -0.15) is 5.26 Å². The monoisotopic (exact) mass is 385 g/mol. The Morgan fingerprint density at radius 3 is 2.63 bits per heavy atom. The number of anilines is 1. The summed E-state index contributed by atoms with van der Waals surface area (Å²) in [6.07, 6.45) is 0. The van der Waals surface area contributed by atoms with E-state index in [0.29, 0.717) is 24.3 Å². The van der Waals surface area contributed by atoms with Crippen LogP contribution in [0.15, 0.2) is 30.3 Å². The number of rotatable bonds is 7. The minimum Gasteiger partial charge on any atom is -0.370 e. The van der Waals surface area contributed by atoms with E-state index < -0.39 is 10.0 Å². The predicted molar refractivity (Wildman–Crippen MR) is 107 cm³/mol. The van der Waals surface area contributed by atoms with Gasteiger partial charge in [0.05, 0.1) is 22.3 Å². The largest absolute Gasteiger partial charge is 0.370 e. The minimum absolute atomic E-state index is 0.00184. The Bertz CT molecular complexity index is 1120. The van der Waals surface area contributed by atoms with Crippen molar-refractivity contribution in [1.82, 2.24) is 13.7 Å². The molecule has 0 spiro atoms. The van der Waals surface area contributed by atoms with Crippen LogP contribution in [-0.2, 0) is 10.0 Å². The van der Waals surface area contributed by atoms with Crippen molar-refractivity contribution in [3.63, 3.8) is 0 Å². The number of nitrogens with zero attached hydrogens (tertiary/aromatic N) is 4. The van der Waals surface area contributed by atoms with E-state index in [1.54, 1.807) is 0 Å². The number of imidazole rings is 1. The third-order valence-corrected chi connectivity index (χ3v) is 6.67. The molecule has 0 aliphatic heterocycles. The first-order valence-corrected chi connectivity index (χ1v) is 10.6. The molecule has 1 aromatic carbocycles. The lowest BCUT2D eigenvalue weighted by atomic mass is 10.1. The number of aryl methyl sites for hydroxylation is 1. The number of sulfonamides is 1. The zero-order valence-corrected chi connectivity index (χ0v) is 16.5. The van der Waals surface area contributed by atoms with Crippen LogP contribution in [0.2, 0.25) is 0 Å². The van der Waals surface area contributed by atoms with Gasteiger partial charge in [0.1, 0.15) is 11.9 Å². The number of fused-ring (bicyclic) bond motifs is 3. The summed E-state index contributed by atoms with van der Waals surface area (Å²) >= 11 is 0. The molecule has 0 aliphatic carbocycles. The molecular formula is C19H23N5O2S. The van der Waals surface area contributed by atoms with Crippen molar-refractivity contribution < 1.29 is 8.42 Å². The van der Waals surface area contributed by atoms with Crippen LogP contribution >= 0.6 is 0 Å². The third kappa shape index (κ3) is 3.48. The lowest BCUT2D eigenvalue weighted by Gasteiger charge is -2.19. The summed E-state index contributed by atoms with van der Waals surface area (Å²) in [5.74, 6) is 0.729. The highest BCUT2D eigenvalue weighted by Gasteiger charge is 2.19. The molecule has 0 radical (unpaired) electrons. The molecule has 0 saturated heterocycles. The fraction of sp³-hybridized carbons (Fsp3) is 0.368. The Kier molecular flexibility index (Phi) is 5.35. The number of hydrogen-bond donors (Lipinski definition) is 1. The summed E-state index contributed by atoms with van der Waals surface area (Å²) < 4.78 is 28.1. The molecule has 3 rings (SSSR count). The predicted octanol–water partition coefficient (Wildman–Crippen LogP) is 2.75. The van der Waals surface area contributed by atoms with Crippen LogP contribution in [0.25, 0.3) is 16.7 Å². The van der Waals surface area contributed by atoms with Gasteiger partial charge in [-0.3, -0.25) is 4.40 Å². The van der Waals surface area contributed by atoms with Crippen molar-refractivity contribution in [1.29, 1.82) is 5.26 Å². The molecule has 3 aromatic rings. The number of benzene rings is 1. The highest BCUT2D eigenvalue weighted by atomic mass is 32.2. The Morgan fingerprint density at radius 2 is 1.96 bits per heavy atom. The molecule has 0 amide bonds. The highest BCUT2D eigenvalue weighted by molar-refractivity contribution is 7.89. The molecule has 0 saturated carbocycles. The standard InChI is InChI=1S/C19H23N5O2S/c1-4-23(5-2)27(25,26)11-10-21-18-12-14(3)15(13-20)19-22-16-8-6-7-9-17(16)24(18)19/h6-9,12,21H,4-5,10-11H2,1-3H3. The third-order valence-electron chi connectivity index (χ3n) is 4.65. The van der Waals surface area contributed by atoms with E-state index in [2.05, 4.69) is 16.4 Å². The van der Waals surface area contributed by atoms with Gasteiger partial charge in [0.15, 0.2) is 5.65 Å². The van der Waals surface area contributed by atoms with E-state index in [1.807, 2.05) is 55.5 Å². The summed E-state index contributed by atoms with van der Waals surface area (Å²) in [5.41, 5.74) is 3.56. The van der Waals surface area contributed by atoms with Gasteiger partial charge < -0.3 is 5.32 Å². The molecule has 27 heavy (non-hydrogen) atoms. The van der Waals surface area contributed by atoms with E-state index >= 15 is 0 Å². The summed E-state index contributed by atoms with van der Waals surface area (Å²) in [6, 6.07) is 11.7. The van der Waals surface area contributed by atoms with Crippen LogP contribution in [0.5, 0.6) is 0 Å². The summed E-state index contributed by atoms with van der Waals surface area (Å²) in [6.45, 7) is 6.72. The summed E-state index contributed by atoms with van der Waals surface area (Å²) in [5, 5.41) is 12.7. The molecule has 2 heterocycles. The van der Waals surface area contributed by atoms with Gasteiger partial charge in [0, 0.05) is 19.6 Å². The smallest absolute Gasteiger partial charge is 0.215 e. The van der Waals surface area contributed by atoms with E-state index in [1.165, 1.54) is 4.31 Å². The lowest BCUT2D eigenvalue weighted by molar-refractivity contribution is 0.446. The SMILES string of the molecule is CCN(CC)S(=O)(=O)CCNc1cc(C)c(C#N)c2nc3ccccc3n12. The number of para-hydroxylation sites is 2. The highest BCUT2D eigenvalue weighted by Crippen LogP contribution is 2.26. The molecule has 1 N–H and O–H groups in total. The number of nitrogens with one attached hydrogen (secondary N) is 1. The summed E-state index contributed by atoms with van der Waals surface area (Å²) in [7, 11) is -3.30. The van der Waals surface area contributed by atoms with Crippen molar-refractivity contribution in [3.8, 4) is 6.07 Å². The summed E-state index contributed by atoms with van der Waals surface area (Å²) in [4.78, 5) is 4.59. The lowest BCUT2D eigenvalue weighted by Crippen LogP contribution is -2.34. The Balaban J connectivity index is 1.99. The normalized spacial score (nSPS) is 12.0. The Morgan fingerprint density at radius 1 is 1.26 bits per heavy atom. The quantitative estimate of drug-likeness (QED) is 0.675. The zero-order chi connectivity index (χ0) is 19.6. The van der Waals surface area contributed by atoms with Gasteiger partial charge in [0.2, 0.25) is 10.0 Å². The maximum atomic E-state index is 12.4. The van der Waals surface area contributed by atoms with Crippen molar-refractivity contribution in [2.45, 2.75) is 20.8 Å². The molecule has 2 aromatic heterocycles. The molecule has 0 fully saturated rings. The number of nitriles is 1. The molecule has 7 nitrogen and oxygen atoms in total. The minimum atomic E-state index is -3.30. The van der Waals surface area contributed by atoms with Crippen LogP contribution in [0.3, 0.4) is 0 Å². The average Bonchev–Trinajstić information content (AvgIpc) is 3.01. The molecule has 0 aliphatic rings. The van der Waals surface area contributed by atoms with Gasteiger partial charge in [-0.05, 0) is 30.7 Å². The van der Waals surface area contributed by atoms with Gasteiger partial charge in [-0.15, -0.1) is 0 Å². The van der Waals surface area contributed by atoms with Crippen LogP contribution < -0.4 is 5.32 Å². The molecule has 0 unspecified atom stereocenters. The van der Waals surface area contributed by atoms with Gasteiger partial charge in [0.25, 0.3) is 0 Å². The molecule has 8 heteroatoms. The van der Waals surface area contributed by atoms with Crippen molar-refractivity contribution in [2.75, 3.05) is 30.7 Å². The molecule has 0 atom stereocenters. The van der Waals surface area contributed by atoms with Gasteiger partial charge in [-0.1, -0.05) is 26.0 Å². The number of pyridine rings is 1. The number of hydrogen-bond acceptors (Lipinski definition) is 5. The fourth-order valence-electron chi connectivity index (χ4n) is 3.28. The second kappa shape index (κ2) is 7.55. The Labute approximate surface area is 159 Å². The van der Waals surface area contributed by atoms with Crippen LogP contribution in [0.1, 0.15) is 25.0 Å².